The average molecular weight is 420 g/mol. The molecule has 2 amide bonds. The monoisotopic (exact) mass is 420 g/mol. The van der Waals surface area contributed by atoms with Crippen LogP contribution in [-0.2, 0) is 16.6 Å². The van der Waals surface area contributed by atoms with Crippen LogP contribution in [0.2, 0.25) is 0 Å². The number of aliphatic carboxylic acids is 1. The third-order valence-electron chi connectivity index (χ3n) is 4.43. The number of aromatic nitrogens is 2. The smallest absolute Gasteiger partial charge is 0.322 e. The molecule has 0 radical (unpaired) electrons. The maximum Gasteiger partial charge on any atom is 0.322 e. The Morgan fingerprint density at radius 1 is 0.903 bits per heavy atom. The first kappa shape index (κ1) is 21.4. The number of amides is 2. The van der Waals surface area contributed by atoms with Gasteiger partial charge in [-0.1, -0.05) is 60.7 Å². The van der Waals surface area contributed by atoms with Crippen molar-refractivity contribution in [1.29, 1.82) is 0 Å². The van der Waals surface area contributed by atoms with E-state index in [9.17, 15) is 19.2 Å². The van der Waals surface area contributed by atoms with Crippen molar-refractivity contribution in [2.75, 3.05) is 13.1 Å². The summed E-state index contributed by atoms with van der Waals surface area (Å²) in [4.78, 5) is 48.3. The van der Waals surface area contributed by atoms with Gasteiger partial charge in [-0.15, -0.1) is 0 Å². The summed E-state index contributed by atoms with van der Waals surface area (Å²) in [5.74, 6) is -2.66. The molecule has 0 unspecified atom stereocenters. The van der Waals surface area contributed by atoms with Crippen molar-refractivity contribution in [2.45, 2.75) is 0 Å². The third kappa shape index (κ3) is 5.02. The van der Waals surface area contributed by atoms with Gasteiger partial charge in [-0.05, 0) is 5.56 Å². The molecule has 3 aromatic rings. The zero-order valence-electron chi connectivity index (χ0n) is 16.7. The van der Waals surface area contributed by atoms with Gasteiger partial charge in [0.1, 0.15) is 12.1 Å². The molecule has 0 saturated carbocycles. The number of nitrogens with zero attached hydrogens (tertiary/aromatic N) is 2. The van der Waals surface area contributed by atoms with Crippen molar-refractivity contribution in [1.82, 2.24) is 20.4 Å². The maximum absolute atomic E-state index is 13.0. The van der Waals surface area contributed by atoms with Crippen molar-refractivity contribution >= 4 is 17.8 Å². The molecule has 1 aromatic heterocycles. The predicted molar refractivity (Wildman–Crippen MR) is 113 cm³/mol. The summed E-state index contributed by atoms with van der Waals surface area (Å²) in [6.07, 6.45) is 0. The molecular weight excluding hydrogens is 400 g/mol. The molecule has 0 aliphatic heterocycles. The first-order valence-corrected chi connectivity index (χ1v) is 9.37. The van der Waals surface area contributed by atoms with E-state index in [1.165, 1.54) is 7.05 Å². The molecule has 0 saturated heterocycles. The van der Waals surface area contributed by atoms with Gasteiger partial charge in [-0.25, -0.2) is 4.68 Å². The highest BCUT2D eigenvalue weighted by molar-refractivity contribution is 6.04. The Morgan fingerprint density at radius 2 is 1.48 bits per heavy atom. The molecule has 0 spiro atoms. The number of carboxylic acids is 1. The topological polar surface area (TPSA) is 130 Å². The Morgan fingerprint density at radius 3 is 2.06 bits per heavy atom. The Labute approximate surface area is 177 Å². The number of aryl methyl sites for hydroxylation is 1. The second-order valence-electron chi connectivity index (χ2n) is 6.61. The zero-order chi connectivity index (χ0) is 22.4. The summed E-state index contributed by atoms with van der Waals surface area (Å²) in [5.41, 5.74) is 1.33. The highest BCUT2D eigenvalue weighted by atomic mass is 16.4. The Bertz CT molecular complexity index is 1170. The molecule has 0 aliphatic rings. The fraction of sp³-hybridized carbons (Fsp3) is 0.136. The lowest BCUT2D eigenvalue weighted by Gasteiger charge is -2.16. The van der Waals surface area contributed by atoms with E-state index in [2.05, 4.69) is 15.7 Å². The zero-order valence-corrected chi connectivity index (χ0v) is 16.7. The number of hydrogen-bond acceptors (Lipinski definition) is 5. The summed E-state index contributed by atoms with van der Waals surface area (Å²) >= 11 is 0. The van der Waals surface area contributed by atoms with Gasteiger partial charge in [0.05, 0.1) is 12.2 Å². The molecular formula is C22H20N4O5. The molecule has 158 valence electrons. The fourth-order valence-electron chi connectivity index (χ4n) is 3.01. The summed E-state index contributed by atoms with van der Waals surface area (Å²) < 4.78 is 1.08. The van der Waals surface area contributed by atoms with E-state index in [4.69, 9.17) is 5.11 Å². The lowest BCUT2D eigenvalue weighted by atomic mass is 9.95. The number of benzene rings is 2. The standard InChI is InChI=1S/C22H20N4O5/c1-26-22(31)19(21(30)24-12-16(27)23-13-17(28)29)18(14-8-4-2-5-9-14)20(25-26)15-10-6-3-7-11-15/h2-11H,12-13H2,1H3,(H,23,27)(H,24,30)(H,28,29). The van der Waals surface area contributed by atoms with Gasteiger partial charge >= 0.3 is 5.97 Å². The van der Waals surface area contributed by atoms with E-state index in [0.29, 0.717) is 22.4 Å². The molecule has 31 heavy (non-hydrogen) atoms. The van der Waals surface area contributed by atoms with Crippen LogP contribution < -0.4 is 16.2 Å². The molecule has 0 fully saturated rings. The van der Waals surface area contributed by atoms with E-state index in [1.54, 1.807) is 24.3 Å². The minimum absolute atomic E-state index is 0.159. The number of carbonyl (C=O) groups is 3. The van der Waals surface area contributed by atoms with Crippen LogP contribution in [0.3, 0.4) is 0 Å². The van der Waals surface area contributed by atoms with Gasteiger partial charge in [-0.3, -0.25) is 19.2 Å². The van der Waals surface area contributed by atoms with Crippen molar-refractivity contribution in [3.63, 3.8) is 0 Å². The number of rotatable bonds is 7. The van der Waals surface area contributed by atoms with Crippen LogP contribution in [0.1, 0.15) is 10.4 Å². The Hall–Kier alpha value is -4.27. The second kappa shape index (κ2) is 9.49. The predicted octanol–water partition coefficient (Wildman–Crippen LogP) is 1.04. The SMILES string of the molecule is Cn1nc(-c2ccccc2)c(-c2ccccc2)c(C(=O)NCC(=O)NCC(=O)O)c1=O. The van der Waals surface area contributed by atoms with E-state index in [0.717, 1.165) is 4.68 Å². The van der Waals surface area contributed by atoms with Gasteiger partial charge in [-0.2, -0.15) is 5.10 Å². The van der Waals surface area contributed by atoms with Crippen molar-refractivity contribution in [3.05, 3.63) is 76.6 Å². The van der Waals surface area contributed by atoms with Crippen LogP contribution in [0.4, 0.5) is 0 Å². The van der Waals surface area contributed by atoms with E-state index >= 15 is 0 Å². The molecule has 0 atom stereocenters. The fourth-order valence-corrected chi connectivity index (χ4v) is 3.01. The lowest BCUT2D eigenvalue weighted by molar-refractivity contribution is -0.137. The number of carbonyl (C=O) groups excluding carboxylic acids is 2. The van der Waals surface area contributed by atoms with Crippen LogP contribution >= 0.6 is 0 Å². The molecule has 0 bridgehead atoms. The van der Waals surface area contributed by atoms with Crippen LogP contribution in [0.25, 0.3) is 22.4 Å². The molecule has 9 heteroatoms. The van der Waals surface area contributed by atoms with Crippen LogP contribution in [0.5, 0.6) is 0 Å². The van der Waals surface area contributed by atoms with E-state index in [1.807, 2.05) is 36.4 Å². The van der Waals surface area contributed by atoms with Crippen LogP contribution in [-0.4, -0.2) is 45.8 Å². The summed E-state index contributed by atoms with van der Waals surface area (Å²) in [5, 5.41) is 17.6. The highest BCUT2D eigenvalue weighted by Crippen LogP contribution is 2.31. The molecule has 9 nitrogen and oxygen atoms in total. The molecule has 0 aliphatic carbocycles. The number of carboxylic acid groups (broad SMARTS) is 1. The van der Waals surface area contributed by atoms with E-state index in [-0.39, 0.29) is 5.56 Å². The lowest BCUT2D eigenvalue weighted by Crippen LogP contribution is -2.41. The molecule has 3 rings (SSSR count). The second-order valence-corrected chi connectivity index (χ2v) is 6.61. The third-order valence-corrected chi connectivity index (χ3v) is 4.43. The van der Waals surface area contributed by atoms with Gasteiger partial charge in [0.2, 0.25) is 5.91 Å². The van der Waals surface area contributed by atoms with Crippen molar-refractivity contribution in [3.8, 4) is 22.4 Å². The summed E-state index contributed by atoms with van der Waals surface area (Å²) in [7, 11) is 1.44. The van der Waals surface area contributed by atoms with E-state index < -0.39 is 36.4 Å². The maximum atomic E-state index is 13.0. The van der Waals surface area contributed by atoms with Crippen LogP contribution in [0, 0.1) is 0 Å². The van der Waals surface area contributed by atoms with Crippen molar-refractivity contribution in [2.24, 2.45) is 7.05 Å². The average Bonchev–Trinajstić information content (AvgIpc) is 2.78. The largest absolute Gasteiger partial charge is 0.480 e. The van der Waals surface area contributed by atoms with Gasteiger partial charge in [0.25, 0.3) is 11.5 Å². The first-order chi connectivity index (χ1) is 14.9. The first-order valence-electron chi connectivity index (χ1n) is 9.37. The molecule has 2 aromatic carbocycles. The normalized spacial score (nSPS) is 10.4. The highest BCUT2D eigenvalue weighted by Gasteiger charge is 2.24. The Kier molecular flexibility index (Phi) is 6.56. The minimum Gasteiger partial charge on any atom is -0.480 e. The summed E-state index contributed by atoms with van der Waals surface area (Å²) in [6.45, 7) is -1.05. The van der Waals surface area contributed by atoms with Crippen molar-refractivity contribution < 1.29 is 19.5 Å². The van der Waals surface area contributed by atoms with Crippen LogP contribution in [0.15, 0.2) is 65.5 Å². The quantitative estimate of drug-likeness (QED) is 0.524. The molecule has 1 heterocycles. The number of hydrogen-bond donors (Lipinski definition) is 3. The summed E-state index contributed by atoms with van der Waals surface area (Å²) in [6, 6.07) is 18.0. The van der Waals surface area contributed by atoms with Gasteiger partial charge in [0.15, 0.2) is 0 Å². The molecule has 3 N–H and O–H groups in total. The van der Waals surface area contributed by atoms with Gasteiger partial charge < -0.3 is 15.7 Å². The van der Waals surface area contributed by atoms with Gasteiger partial charge in [0, 0.05) is 18.2 Å². The minimum atomic E-state index is -1.21. The number of nitrogens with one attached hydrogen (secondary N) is 2. The Balaban J connectivity index is 2.08.